The van der Waals surface area contributed by atoms with Crippen LogP contribution in [0.2, 0.25) is 0 Å². The van der Waals surface area contributed by atoms with Crippen molar-refractivity contribution in [2.24, 2.45) is 0 Å². The zero-order valence-corrected chi connectivity index (χ0v) is 10.0. The highest BCUT2D eigenvalue weighted by Crippen LogP contribution is 2.07. The average Bonchev–Trinajstić information content (AvgIpc) is 2.28. The zero-order chi connectivity index (χ0) is 13.0. The summed E-state index contributed by atoms with van der Waals surface area (Å²) in [5.41, 5.74) is 1.56. The summed E-state index contributed by atoms with van der Waals surface area (Å²) in [5, 5.41) is 18.9. The maximum absolute atomic E-state index is 11.8. The molecule has 0 bridgehead atoms. The number of carboxylic acid groups (broad SMARTS) is 1. The molecule has 1 amide bonds. The molecular formula is C11H15N3O3. The molecule has 17 heavy (non-hydrogen) atoms. The Hall–Kier alpha value is -1.98. The van der Waals surface area contributed by atoms with Gasteiger partial charge in [-0.25, -0.2) is 0 Å². The molecule has 0 aliphatic carbocycles. The van der Waals surface area contributed by atoms with E-state index in [0.29, 0.717) is 23.4 Å². The van der Waals surface area contributed by atoms with Crippen molar-refractivity contribution in [3.63, 3.8) is 0 Å². The number of carbonyl (C=O) groups is 2. The van der Waals surface area contributed by atoms with Crippen LogP contribution in [0.5, 0.6) is 0 Å². The summed E-state index contributed by atoms with van der Waals surface area (Å²) in [6, 6.07) is 0.677. The summed E-state index contributed by atoms with van der Waals surface area (Å²) in [5.74, 6) is -1.51. The third kappa shape index (κ3) is 3.24. The molecule has 0 unspecified atom stereocenters. The Morgan fingerprint density at radius 2 is 2.12 bits per heavy atom. The molecule has 0 aliphatic heterocycles. The van der Waals surface area contributed by atoms with Crippen molar-refractivity contribution in [3.05, 3.63) is 23.0 Å². The SMILES string of the molecule is CCc1nnc(C)cc1C(=O)N[C@@H](C)C(=O)O. The van der Waals surface area contributed by atoms with E-state index in [1.807, 2.05) is 6.92 Å². The first-order chi connectivity index (χ1) is 7.95. The number of nitrogens with zero attached hydrogens (tertiary/aromatic N) is 2. The zero-order valence-electron chi connectivity index (χ0n) is 10.0. The third-order valence-electron chi connectivity index (χ3n) is 2.29. The van der Waals surface area contributed by atoms with E-state index in [9.17, 15) is 9.59 Å². The van der Waals surface area contributed by atoms with E-state index in [1.54, 1.807) is 13.0 Å². The lowest BCUT2D eigenvalue weighted by molar-refractivity contribution is -0.138. The van der Waals surface area contributed by atoms with Crippen molar-refractivity contribution in [2.45, 2.75) is 33.2 Å². The molecular weight excluding hydrogens is 222 g/mol. The van der Waals surface area contributed by atoms with Crippen LogP contribution in [-0.2, 0) is 11.2 Å². The standard InChI is InChI=1S/C11H15N3O3/c1-4-9-8(5-6(2)13-14-9)10(15)12-7(3)11(16)17/h5,7H,4H2,1-3H3,(H,12,15)(H,16,17)/t7-/m0/s1. The Labute approximate surface area is 99.1 Å². The molecule has 92 valence electrons. The minimum Gasteiger partial charge on any atom is -0.480 e. The molecule has 1 aromatic heterocycles. The maximum atomic E-state index is 11.8. The Morgan fingerprint density at radius 3 is 2.65 bits per heavy atom. The van der Waals surface area contributed by atoms with Gasteiger partial charge in [-0.05, 0) is 26.3 Å². The van der Waals surface area contributed by atoms with Gasteiger partial charge in [0.1, 0.15) is 6.04 Å². The molecule has 0 aromatic carbocycles. The molecule has 0 saturated heterocycles. The molecule has 1 atom stereocenters. The molecule has 2 N–H and O–H groups in total. The van der Waals surface area contributed by atoms with Gasteiger partial charge in [0.15, 0.2) is 0 Å². The minimum absolute atomic E-state index is 0.382. The highest BCUT2D eigenvalue weighted by Gasteiger charge is 2.18. The van der Waals surface area contributed by atoms with E-state index in [4.69, 9.17) is 5.11 Å². The minimum atomic E-state index is -1.07. The van der Waals surface area contributed by atoms with E-state index < -0.39 is 17.9 Å². The van der Waals surface area contributed by atoms with Crippen molar-refractivity contribution in [2.75, 3.05) is 0 Å². The number of amides is 1. The summed E-state index contributed by atoms with van der Waals surface area (Å²) in [6.07, 6.45) is 0.567. The van der Waals surface area contributed by atoms with Gasteiger partial charge in [0.05, 0.1) is 17.0 Å². The van der Waals surface area contributed by atoms with Crippen LogP contribution in [0.3, 0.4) is 0 Å². The summed E-state index contributed by atoms with van der Waals surface area (Å²) in [4.78, 5) is 22.5. The molecule has 0 saturated carbocycles. The fourth-order valence-corrected chi connectivity index (χ4v) is 1.31. The van der Waals surface area contributed by atoms with Crippen LogP contribution in [-0.4, -0.2) is 33.2 Å². The summed E-state index contributed by atoms with van der Waals surface area (Å²) in [7, 11) is 0. The lowest BCUT2D eigenvalue weighted by Gasteiger charge is -2.11. The second kappa shape index (κ2) is 5.38. The van der Waals surface area contributed by atoms with Crippen LogP contribution in [0.25, 0.3) is 0 Å². The number of rotatable bonds is 4. The van der Waals surface area contributed by atoms with Crippen LogP contribution in [0, 0.1) is 6.92 Å². The lowest BCUT2D eigenvalue weighted by atomic mass is 10.1. The number of aliphatic carboxylic acids is 1. The largest absolute Gasteiger partial charge is 0.480 e. The van der Waals surface area contributed by atoms with E-state index >= 15 is 0 Å². The van der Waals surface area contributed by atoms with Gasteiger partial charge >= 0.3 is 5.97 Å². The highest BCUT2D eigenvalue weighted by atomic mass is 16.4. The van der Waals surface area contributed by atoms with E-state index in [0.717, 1.165) is 0 Å². The van der Waals surface area contributed by atoms with Crippen molar-refractivity contribution < 1.29 is 14.7 Å². The molecule has 6 heteroatoms. The van der Waals surface area contributed by atoms with Crippen LogP contribution in [0.15, 0.2) is 6.07 Å². The first-order valence-corrected chi connectivity index (χ1v) is 5.32. The number of carbonyl (C=O) groups excluding carboxylic acids is 1. The van der Waals surface area contributed by atoms with Crippen molar-refractivity contribution >= 4 is 11.9 Å². The molecule has 1 heterocycles. The van der Waals surface area contributed by atoms with Crippen LogP contribution in [0.4, 0.5) is 0 Å². The van der Waals surface area contributed by atoms with Gasteiger partial charge in [-0.3, -0.25) is 9.59 Å². The van der Waals surface area contributed by atoms with E-state index in [2.05, 4.69) is 15.5 Å². The number of aryl methyl sites for hydroxylation is 2. The summed E-state index contributed by atoms with van der Waals surface area (Å²) < 4.78 is 0. The molecule has 0 radical (unpaired) electrons. The predicted octanol–water partition coefficient (Wildman–Crippen LogP) is 0.550. The fraction of sp³-hybridized carbons (Fsp3) is 0.455. The molecule has 1 rings (SSSR count). The van der Waals surface area contributed by atoms with E-state index in [1.165, 1.54) is 6.92 Å². The Kier molecular flexibility index (Phi) is 4.14. The molecule has 0 spiro atoms. The first kappa shape index (κ1) is 13.1. The smallest absolute Gasteiger partial charge is 0.325 e. The van der Waals surface area contributed by atoms with Gasteiger partial charge in [0.25, 0.3) is 5.91 Å². The normalized spacial score (nSPS) is 11.9. The highest BCUT2D eigenvalue weighted by molar-refractivity contribution is 5.97. The Bertz CT molecular complexity index is 446. The van der Waals surface area contributed by atoms with Gasteiger partial charge in [-0.1, -0.05) is 6.92 Å². The number of carboxylic acids is 1. The van der Waals surface area contributed by atoms with Gasteiger partial charge in [-0.2, -0.15) is 10.2 Å². The first-order valence-electron chi connectivity index (χ1n) is 5.32. The molecule has 0 fully saturated rings. The third-order valence-corrected chi connectivity index (χ3v) is 2.29. The van der Waals surface area contributed by atoms with Crippen molar-refractivity contribution in [1.82, 2.24) is 15.5 Å². The van der Waals surface area contributed by atoms with E-state index in [-0.39, 0.29) is 0 Å². The second-order valence-corrected chi connectivity index (χ2v) is 3.73. The monoisotopic (exact) mass is 237 g/mol. The number of hydrogen-bond donors (Lipinski definition) is 2. The number of aromatic nitrogens is 2. The molecule has 1 aromatic rings. The van der Waals surface area contributed by atoms with Crippen molar-refractivity contribution in [1.29, 1.82) is 0 Å². The van der Waals surface area contributed by atoms with Gasteiger partial charge < -0.3 is 10.4 Å². The Morgan fingerprint density at radius 1 is 1.47 bits per heavy atom. The number of hydrogen-bond acceptors (Lipinski definition) is 4. The molecule has 0 aliphatic rings. The fourth-order valence-electron chi connectivity index (χ4n) is 1.31. The quantitative estimate of drug-likeness (QED) is 0.797. The van der Waals surface area contributed by atoms with Crippen molar-refractivity contribution in [3.8, 4) is 0 Å². The second-order valence-electron chi connectivity index (χ2n) is 3.73. The topological polar surface area (TPSA) is 92.2 Å². The predicted molar refractivity (Wildman–Crippen MR) is 60.7 cm³/mol. The Balaban J connectivity index is 2.95. The van der Waals surface area contributed by atoms with Crippen LogP contribution >= 0.6 is 0 Å². The van der Waals surface area contributed by atoms with Gasteiger partial charge in [0.2, 0.25) is 0 Å². The summed E-state index contributed by atoms with van der Waals surface area (Å²) in [6.45, 7) is 4.99. The summed E-state index contributed by atoms with van der Waals surface area (Å²) >= 11 is 0. The lowest BCUT2D eigenvalue weighted by Crippen LogP contribution is -2.38. The molecule has 6 nitrogen and oxygen atoms in total. The van der Waals surface area contributed by atoms with Crippen LogP contribution < -0.4 is 5.32 Å². The van der Waals surface area contributed by atoms with Gasteiger partial charge in [-0.15, -0.1) is 0 Å². The number of nitrogens with one attached hydrogen (secondary N) is 1. The van der Waals surface area contributed by atoms with Gasteiger partial charge in [0, 0.05) is 0 Å². The average molecular weight is 237 g/mol. The maximum Gasteiger partial charge on any atom is 0.325 e. The van der Waals surface area contributed by atoms with Crippen LogP contribution in [0.1, 0.15) is 35.6 Å².